The quantitative estimate of drug-likeness (QED) is 0.134. The summed E-state index contributed by atoms with van der Waals surface area (Å²) in [6.07, 6.45) is 1.63. The van der Waals surface area contributed by atoms with Crippen molar-refractivity contribution in [2.75, 3.05) is 13.1 Å². The molecule has 5 N–H and O–H groups in total. The standard InChI is InChI=1S/C42H64N6O9/c1-25(2)21-29(33(50)35(52)44-23-30(49)43-22-26-17-13-11-14-18-26)45-34(51)32-31-28(41(31,9)10)24-48(32)36(53)42(27-19-15-12-16-20-27,46-37(54)56-39(3,4)5)47-38(55)57-40(6,7)8/h11,13-14,17-18,25,27-29,31-32H,12,15-16,19-24H2,1-10H3,(H,43,49)(H,44,52)(H,45,51)(H,46,54)(H,47,55)/t28-,29?,31-,32-/m0/s1. The number of hydrogen-bond donors (Lipinski definition) is 5. The number of carbonyl (C=O) groups is 7. The van der Waals surface area contributed by atoms with Crippen LogP contribution in [0.15, 0.2) is 30.3 Å². The number of ketones is 1. The molecule has 1 aromatic rings. The summed E-state index contributed by atoms with van der Waals surface area (Å²) in [6, 6.07) is 6.86. The van der Waals surface area contributed by atoms with Crippen molar-refractivity contribution in [1.29, 1.82) is 0 Å². The lowest BCUT2D eigenvalue weighted by molar-refractivity contribution is -0.150. The molecule has 1 saturated heterocycles. The Bertz CT molecular complexity index is 1630. The average Bonchev–Trinajstić information content (AvgIpc) is 3.40. The van der Waals surface area contributed by atoms with Gasteiger partial charge in [0, 0.05) is 19.0 Å². The molecular weight excluding hydrogens is 732 g/mol. The van der Waals surface area contributed by atoms with Gasteiger partial charge in [-0.2, -0.15) is 0 Å². The number of amides is 6. The Labute approximate surface area is 336 Å². The zero-order valence-corrected chi connectivity index (χ0v) is 35.3. The molecule has 2 saturated carbocycles. The summed E-state index contributed by atoms with van der Waals surface area (Å²) >= 11 is 0. The molecule has 4 atom stereocenters. The lowest BCUT2D eigenvalue weighted by atomic mass is 9.78. The van der Waals surface area contributed by atoms with Gasteiger partial charge in [0.05, 0.1) is 12.6 Å². The van der Waals surface area contributed by atoms with Crippen molar-refractivity contribution < 1.29 is 43.0 Å². The predicted molar refractivity (Wildman–Crippen MR) is 212 cm³/mol. The molecule has 1 unspecified atom stereocenters. The van der Waals surface area contributed by atoms with E-state index in [2.05, 4.69) is 26.6 Å². The molecule has 0 aromatic heterocycles. The van der Waals surface area contributed by atoms with E-state index in [-0.39, 0.29) is 42.7 Å². The van der Waals surface area contributed by atoms with Crippen molar-refractivity contribution in [3.05, 3.63) is 35.9 Å². The van der Waals surface area contributed by atoms with E-state index in [9.17, 15) is 28.8 Å². The summed E-state index contributed by atoms with van der Waals surface area (Å²) in [4.78, 5) is 97.7. The van der Waals surface area contributed by atoms with Crippen LogP contribution in [-0.2, 0) is 40.0 Å². The third-order valence-electron chi connectivity index (χ3n) is 11.0. The zero-order chi connectivity index (χ0) is 42.5. The largest absolute Gasteiger partial charge is 0.444 e. The molecule has 4 rings (SSSR count). The van der Waals surface area contributed by atoms with Crippen molar-refractivity contribution in [1.82, 2.24) is 31.5 Å². The molecule has 6 amide bonds. The summed E-state index contributed by atoms with van der Waals surface area (Å²) < 4.78 is 11.3. The first kappa shape index (κ1) is 45.0. The first-order chi connectivity index (χ1) is 26.4. The van der Waals surface area contributed by atoms with Gasteiger partial charge in [0.1, 0.15) is 17.2 Å². The number of hydrogen-bond acceptors (Lipinski definition) is 9. The van der Waals surface area contributed by atoms with Crippen LogP contribution in [0.4, 0.5) is 9.59 Å². The van der Waals surface area contributed by atoms with E-state index in [1.165, 1.54) is 4.90 Å². The van der Waals surface area contributed by atoms with Gasteiger partial charge in [0.15, 0.2) is 0 Å². The molecular formula is C42H64N6O9. The Hall–Kier alpha value is -4.69. The van der Waals surface area contributed by atoms with Crippen LogP contribution < -0.4 is 26.6 Å². The van der Waals surface area contributed by atoms with Gasteiger partial charge < -0.3 is 30.3 Å². The van der Waals surface area contributed by atoms with Gasteiger partial charge in [-0.25, -0.2) is 9.59 Å². The van der Waals surface area contributed by atoms with Crippen molar-refractivity contribution in [2.24, 2.45) is 29.1 Å². The third-order valence-corrected chi connectivity index (χ3v) is 11.0. The number of benzene rings is 1. The highest BCUT2D eigenvalue weighted by Gasteiger charge is 2.71. The minimum Gasteiger partial charge on any atom is -0.444 e. The van der Waals surface area contributed by atoms with Gasteiger partial charge in [-0.15, -0.1) is 0 Å². The second-order valence-electron chi connectivity index (χ2n) is 18.8. The van der Waals surface area contributed by atoms with Crippen LogP contribution in [0, 0.1) is 29.1 Å². The van der Waals surface area contributed by atoms with Crippen molar-refractivity contribution >= 4 is 41.6 Å². The van der Waals surface area contributed by atoms with E-state index >= 15 is 4.79 Å². The van der Waals surface area contributed by atoms with Gasteiger partial charge >= 0.3 is 12.2 Å². The number of carbonyl (C=O) groups excluding carboxylic acids is 7. The Morgan fingerprint density at radius 1 is 0.825 bits per heavy atom. The molecule has 3 fully saturated rings. The Kier molecular flexibility index (Phi) is 14.1. The maximum Gasteiger partial charge on any atom is 0.409 e. The van der Waals surface area contributed by atoms with E-state index < -0.39 is 83.0 Å². The summed E-state index contributed by atoms with van der Waals surface area (Å²) in [5, 5.41) is 13.4. The van der Waals surface area contributed by atoms with Crippen molar-refractivity contribution in [3.8, 4) is 0 Å². The van der Waals surface area contributed by atoms with E-state index in [1.54, 1.807) is 41.5 Å². The highest BCUT2D eigenvalue weighted by Crippen LogP contribution is 2.65. The van der Waals surface area contributed by atoms with Crippen LogP contribution >= 0.6 is 0 Å². The minimum absolute atomic E-state index is 0.0961. The topological polar surface area (TPSA) is 201 Å². The fourth-order valence-electron chi connectivity index (χ4n) is 8.23. The zero-order valence-electron chi connectivity index (χ0n) is 35.3. The number of rotatable bonds is 14. The van der Waals surface area contributed by atoms with Gasteiger partial charge in [0.2, 0.25) is 23.3 Å². The molecule has 57 heavy (non-hydrogen) atoms. The molecule has 2 aliphatic carbocycles. The summed E-state index contributed by atoms with van der Waals surface area (Å²) in [6.45, 7) is 17.8. The second kappa shape index (κ2) is 17.8. The minimum atomic E-state index is -2.04. The van der Waals surface area contributed by atoms with Crippen LogP contribution in [0.2, 0.25) is 0 Å². The number of likely N-dealkylation sites (tertiary alicyclic amines) is 1. The Morgan fingerprint density at radius 2 is 1.39 bits per heavy atom. The lowest BCUT2D eigenvalue weighted by Gasteiger charge is -2.45. The fourth-order valence-corrected chi connectivity index (χ4v) is 8.23. The van der Waals surface area contributed by atoms with Crippen LogP contribution in [0.25, 0.3) is 0 Å². The Balaban J connectivity index is 1.62. The van der Waals surface area contributed by atoms with Gasteiger partial charge in [-0.3, -0.25) is 34.6 Å². The highest BCUT2D eigenvalue weighted by molar-refractivity contribution is 6.38. The molecule has 15 heteroatoms. The van der Waals surface area contributed by atoms with Crippen LogP contribution in [0.5, 0.6) is 0 Å². The van der Waals surface area contributed by atoms with Crippen LogP contribution in [0.1, 0.15) is 113 Å². The van der Waals surface area contributed by atoms with E-state index in [1.807, 2.05) is 58.0 Å². The van der Waals surface area contributed by atoms with Crippen molar-refractivity contribution in [2.45, 2.75) is 143 Å². The third kappa shape index (κ3) is 11.7. The molecule has 1 aromatic carbocycles. The number of ether oxygens (including phenoxy) is 2. The first-order valence-electron chi connectivity index (χ1n) is 20.2. The number of nitrogens with one attached hydrogen (secondary N) is 5. The number of Topliss-reactive ketones (excluding diaryl/α,β-unsaturated/α-hetero) is 1. The number of piperidine rings is 1. The van der Waals surface area contributed by atoms with Crippen LogP contribution in [0.3, 0.4) is 0 Å². The van der Waals surface area contributed by atoms with E-state index in [0.29, 0.717) is 12.8 Å². The normalized spacial score (nSPS) is 21.0. The SMILES string of the molecule is CC(C)CC(NC(=O)[C@@H]1[C@@H]2[C@H](CN1C(=O)C(NC(=O)OC(C)(C)C)(NC(=O)OC(C)(C)C)C1CCCCC1)C2(C)C)C(=O)C(=O)NCC(=O)NCc1ccccc1. The number of alkyl carbamates (subject to hydrolysis) is 2. The average molecular weight is 797 g/mol. The molecule has 0 spiro atoms. The number of nitrogens with zero attached hydrogens (tertiary/aromatic N) is 1. The van der Waals surface area contributed by atoms with Gasteiger partial charge in [0.25, 0.3) is 11.8 Å². The maximum atomic E-state index is 15.3. The highest BCUT2D eigenvalue weighted by atomic mass is 16.6. The monoisotopic (exact) mass is 796 g/mol. The molecule has 15 nitrogen and oxygen atoms in total. The molecule has 316 valence electrons. The summed E-state index contributed by atoms with van der Waals surface area (Å²) in [5.74, 6) is -4.88. The van der Waals surface area contributed by atoms with Crippen molar-refractivity contribution in [3.63, 3.8) is 0 Å². The molecule has 0 bridgehead atoms. The maximum absolute atomic E-state index is 15.3. The smallest absolute Gasteiger partial charge is 0.409 e. The fraction of sp³-hybridized carbons (Fsp3) is 0.690. The lowest BCUT2D eigenvalue weighted by Crippen LogP contribution is -2.74. The van der Waals surface area contributed by atoms with Gasteiger partial charge in [-0.1, -0.05) is 77.3 Å². The van der Waals surface area contributed by atoms with Gasteiger partial charge in [-0.05, 0) is 89.5 Å². The summed E-state index contributed by atoms with van der Waals surface area (Å²) in [7, 11) is 0. The summed E-state index contributed by atoms with van der Waals surface area (Å²) in [5.41, 5.74) is -3.39. The first-order valence-corrected chi connectivity index (χ1v) is 20.2. The molecule has 1 aliphatic heterocycles. The molecule has 3 aliphatic rings. The molecule has 1 heterocycles. The predicted octanol–water partition coefficient (Wildman–Crippen LogP) is 4.33. The van der Waals surface area contributed by atoms with E-state index in [4.69, 9.17) is 9.47 Å². The second-order valence-corrected chi connectivity index (χ2v) is 18.8. The van der Waals surface area contributed by atoms with E-state index in [0.717, 1.165) is 24.8 Å². The van der Waals surface area contributed by atoms with Crippen LogP contribution in [-0.4, -0.2) is 88.5 Å². The number of fused-ring (bicyclic) bond motifs is 1. The Morgan fingerprint density at radius 3 is 1.91 bits per heavy atom. The molecule has 0 radical (unpaired) electrons.